The minimum atomic E-state index is -0.342. The summed E-state index contributed by atoms with van der Waals surface area (Å²) in [6.45, 7) is 4.88. The normalized spacial score (nSPS) is 17.5. The molecule has 2 aromatic rings. The Labute approximate surface area is 158 Å². The molecule has 1 fully saturated rings. The largest absolute Gasteiger partial charge is 0.494 e. The fourth-order valence-electron chi connectivity index (χ4n) is 3.54. The van der Waals surface area contributed by atoms with Crippen molar-refractivity contribution in [1.82, 2.24) is 20.4 Å². The standard InChI is InChI=1S/C19H26FN5O2/c1-3-21-19(26)23-16-10-22-24-18(16)14-5-4-8-25(12-14)11-13-6-7-17(27-2)15(20)9-13/h6-7,9-10,14H,3-5,8,11-12H2,1-2H3,(H,22,24)(H2,21,23,26)/t14-/m0/s1. The van der Waals surface area contributed by atoms with Crippen LogP contribution in [-0.4, -0.2) is 47.9 Å². The number of benzene rings is 1. The van der Waals surface area contributed by atoms with Crippen LogP contribution in [0.3, 0.4) is 0 Å². The summed E-state index contributed by atoms with van der Waals surface area (Å²) in [5.41, 5.74) is 2.56. The number of likely N-dealkylation sites (tertiary alicyclic amines) is 1. The fraction of sp³-hybridized carbons (Fsp3) is 0.474. The molecule has 0 bridgehead atoms. The van der Waals surface area contributed by atoms with Crippen molar-refractivity contribution in [2.45, 2.75) is 32.2 Å². The Balaban J connectivity index is 1.65. The summed E-state index contributed by atoms with van der Waals surface area (Å²) >= 11 is 0. The molecule has 2 amide bonds. The molecule has 27 heavy (non-hydrogen) atoms. The van der Waals surface area contributed by atoms with Crippen molar-refractivity contribution in [2.75, 3.05) is 32.1 Å². The molecule has 1 aliphatic heterocycles. The van der Waals surface area contributed by atoms with E-state index in [1.807, 2.05) is 13.0 Å². The van der Waals surface area contributed by atoms with Crippen LogP contribution in [0.15, 0.2) is 24.4 Å². The number of piperidine rings is 1. The summed E-state index contributed by atoms with van der Waals surface area (Å²) in [6, 6.07) is 4.85. The minimum absolute atomic E-state index is 0.235. The van der Waals surface area contributed by atoms with E-state index in [-0.39, 0.29) is 23.5 Å². The zero-order chi connectivity index (χ0) is 19.2. The lowest BCUT2D eigenvalue weighted by Gasteiger charge is -2.32. The molecule has 1 aromatic carbocycles. The molecule has 0 spiro atoms. The van der Waals surface area contributed by atoms with Gasteiger partial charge < -0.3 is 15.4 Å². The highest BCUT2D eigenvalue weighted by atomic mass is 19.1. The Kier molecular flexibility index (Phi) is 6.28. The quantitative estimate of drug-likeness (QED) is 0.725. The van der Waals surface area contributed by atoms with E-state index < -0.39 is 0 Å². The number of aromatic amines is 1. The first-order chi connectivity index (χ1) is 13.1. The van der Waals surface area contributed by atoms with Crippen LogP contribution >= 0.6 is 0 Å². The molecular formula is C19H26FN5O2. The van der Waals surface area contributed by atoms with Crippen LogP contribution in [0.2, 0.25) is 0 Å². The van der Waals surface area contributed by atoms with Crippen molar-refractivity contribution in [1.29, 1.82) is 0 Å². The molecule has 7 nitrogen and oxygen atoms in total. The molecule has 8 heteroatoms. The van der Waals surface area contributed by atoms with Crippen LogP contribution in [0, 0.1) is 5.82 Å². The number of aromatic nitrogens is 2. The summed E-state index contributed by atoms with van der Waals surface area (Å²) in [5.74, 6) is 0.153. The fourth-order valence-corrected chi connectivity index (χ4v) is 3.54. The average molecular weight is 375 g/mol. The first kappa shape index (κ1) is 19.2. The van der Waals surface area contributed by atoms with Crippen molar-refractivity contribution < 1.29 is 13.9 Å². The molecule has 0 unspecified atom stereocenters. The number of carbonyl (C=O) groups is 1. The van der Waals surface area contributed by atoms with Crippen molar-refractivity contribution in [3.63, 3.8) is 0 Å². The highest BCUT2D eigenvalue weighted by Gasteiger charge is 2.25. The highest BCUT2D eigenvalue weighted by Crippen LogP contribution is 2.31. The summed E-state index contributed by atoms with van der Waals surface area (Å²) in [4.78, 5) is 14.1. The Morgan fingerprint density at radius 2 is 2.33 bits per heavy atom. The van der Waals surface area contributed by atoms with E-state index in [4.69, 9.17) is 4.74 Å². The SMILES string of the molecule is CCNC(=O)Nc1cn[nH]c1[C@H]1CCCN(Cc2ccc(OC)c(F)c2)C1. The molecule has 0 aliphatic carbocycles. The van der Waals surface area contributed by atoms with Gasteiger partial charge in [0.1, 0.15) is 0 Å². The van der Waals surface area contributed by atoms with E-state index in [9.17, 15) is 9.18 Å². The Bertz CT molecular complexity index is 779. The molecule has 1 atom stereocenters. The lowest BCUT2D eigenvalue weighted by molar-refractivity contribution is 0.198. The van der Waals surface area contributed by atoms with Crippen LogP contribution < -0.4 is 15.4 Å². The Morgan fingerprint density at radius 3 is 3.07 bits per heavy atom. The van der Waals surface area contributed by atoms with E-state index in [2.05, 4.69) is 25.7 Å². The maximum atomic E-state index is 13.9. The number of halogens is 1. The molecule has 2 heterocycles. The zero-order valence-electron chi connectivity index (χ0n) is 15.7. The second-order valence-electron chi connectivity index (χ2n) is 6.72. The number of hydrogen-bond donors (Lipinski definition) is 3. The van der Waals surface area contributed by atoms with Crippen LogP contribution in [0.25, 0.3) is 0 Å². The third-order valence-electron chi connectivity index (χ3n) is 4.79. The van der Waals surface area contributed by atoms with Gasteiger partial charge in [0.15, 0.2) is 11.6 Å². The molecule has 1 aromatic heterocycles. The number of amides is 2. The van der Waals surface area contributed by atoms with Crippen LogP contribution in [0.4, 0.5) is 14.9 Å². The van der Waals surface area contributed by atoms with Gasteiger partial charge >= 0.3 is 6.03 Å². The number of nitrogens with zero attached hydrogens (tertiary/aromatic N) is 2. The van der Waals surface area contributed by atoms with Gasteiger partial charge in [-0.1, -0.05) is 6.07 Å². The smallest absolute Gasteiger partial charge is 0.319 e. The number of anilines is 1. The molecule has 0 saturated carbocycles. The number of H-pyrrole nitrogens is 1. The van der Waals surface area contributed by atoms with E-state index >= 15 is 0 Å². The predicted octanol–water partition coefficient (Wildman–Crippen LogP) is 3.08. The molecule has 3 N–H and O–H groups in total. The highest BCUT2D eigenvalue weighted by molar-refractivity contribution is 5.89. The molecule has 3 rings (SSSR count). The molecule has 146 valence electrons. The number of carbonyl (C=O) groups excluding carboxylic acids is 1. The van der Waals surface area contributed by atoms with Gasteiger partial charge in [-0.2, -0.15) is 5.10 Å². The summed E-state index contributed by atoms with van der Waals surface area (Å²) < 4.78 is 18.9. The maximum Gasteiger partial charge on any atom is 0.319 e. The van der Waals surface area contributed by atoms with Crippen molar-refractivity contribution in [3.05, 3.63) is 41.5 Å². The van der Waals surface area contributed by atoms with Crippen molar-refractivity contribution in [2.24, 2.45) is 0 Å². The summed E-state index contributed by atoms with van der Waals surface area (Å²) in [7, 11) is 1.46. The average Bonchev–Trinajstić information content (AvgIpc) is 3.10. The van der Waals surface area contributed by atoms with Crippen molar-refractivity contribution in [3.8, 4) is 5.75 Å². The molecular weight excluding hydrogens is 349 g/mol. The van der Waals surface area contributed by atoms with Crippen LogP contribution in [-0.2, 0) is 6.54 Å². The summed E-state index contributed by atoms with van der Waals surface area (Å²) in [6.07, 6.45) is 3.69. The number of rotatable bonds is 6. The van der Waals surface area contributed by atoms with Gasteiger partial charge in [0, 0.05) is 25.6 Å². The van der Waals surface area contributed by atoms with Crippen LogP contribution in [0.5, 0.6) is 5.75 Å². The second kappa shape index (κ2) is 8.85. The van der Waals surface area contributed by atoms with Gasteiger partial charge in [0.05, 0.1) is 24.7 Å². The number of hydrogen-bond acceptors (Lipinski definition) is 4. The topological polar surface area (TPSA) is 82.3 Å². The van der Waals surface area contributed by atoms with E-state index in [1.54, 1.807) is 12.3 Å². The second-order valence-corrected chi connectivity index (χ2v) is 6.72. The zero-order valence-corrected chi connectivity index (χ0v) is 15.7. The monoisotopic (exact) mass is 375 g/mol. The number of ether oxygens (including phenoxy) is 1. The number of nitrogens with one attached hydrogen (secondary N) is 3. The van der Waals surface area contributed by atoms with Crippen LogP contribution in [0.1, 0.15) is 36.9 Å². The molecule has 0 radical (unpaired) electrons. The third kappa shape index (κ3) is 4.77. The van der Waals surface area contributed by atoms with Gasteiger partial charge in [-0.25, -0.2) is 9.18 Å². The van der Waals surface area contributed by atoms with Gasteiger partial charge in [-0.05, 0) is 44.0 Å². The molecule has 1 saturated heterocycles. The van der Waals surface area contributed by atoms with Gasteiger partial charge in [-0.15, -0.1) is 0 Å². The van der Waals surface area contributed by atoms with E-state index in [0.29, 0.717) is 18.8 Å². The first-order valence-corrected chi connectivity index (χ1v) is 9.23. The Morgan fingerprint density at radius 1 is 1.48 bits per heavy atom. The Hall–Kier alpha value is -2.61. The van der Waals surface area contributed by atoms with Gasteiger partial charge in [0.2, 0.25) is 0 Å². The maximum absolute atomic E-state index is 13.9. The minimum Gasteiger partial charge on any atom is -0.494 e. The molecule has 1 aliphatic rings. The summed E-state index contributed by atoms with van der Waals surface area (Å²) in [5, 5.41) is 12.7. The van der Waals surface area contributed by atoms with Crippen molar-refractivity contribution >= 4 is 11.7 Å². The van der Waals surface area contributed by atoms with Gasteiger partial charge in [-0.3, -0.25) is 10.00 Å². The number of methoxy groups -OCH3 is 1. The lowest BCUT2D eigenvalue weighted by atomic mass is 9.93. The van der Waals surface area contributed by atoms with Gasteiger partial charge in [0.25, 0.3) is 0 Å². The van der Waals surface area contributed by atoms with E-state index in [1.165, 1.54) is 13.2 Å². The predicted molar refractivity (Wildman–Crippen MR) is 101 cm³/mol. The lowest BCUT2D eigenvalue weighted by Crippen LogP contribution is -2.34. The number of urea groups is 1. The van der Waals surface area contributed by atoms with E-state index in [0.717, 1.165) is 37.2 Å². The first-order valence-electron chi connectivity index (χ1n) is 9.23. The third-order valence-corrected chi connectivity index (χ3v) is 4.79.